The Balaban J connectivity index is 2.17. The van der Waals surface area contributed by atoms with Crippen molar-refractivity contribution in [2.45, 2.75) is 9.79 Å². The van der Waals surface area contributed by atoms with E-state index in [-0.39, 0.29) is 33.5 Å². The number of ether oxygens (including phenoxy) is 2. The summed E-state index contributed by atoms with van der Waals surface area (Å²) in [5.74, 6) is 0.552. The summed E-state index contributed by atoms with van der Waals surface area (Å²) >= 11 is 0. The van der Waals surface area contributed by atoms with E-state index in [4.69, 9.17) is 9.47 Å². The highest BCUT2D eigenvalue weighted by Crippen LogP contribution is 2.41. The van der Waals surface area contributed by atoms with Crippen molar-refractivity contribution in [3.8, 4) is 11.5 Å². The van der Waals surface area contributed by atoms with Crippen molar-refractivity contribution in [3.05, 3.63) is 75.8 Å². The van der Waals surface area contributed by atoms with Crippen LogP contribution in [0.5, 0.6) is 11.5 Å². The van der Waals surface area contributed by atoms with Crippen LogP contribution >= 0.6 is 0 Å². The standard InChI is InChI=1S/C20H16N5O6S/c1-30-18-11-16(22-21)17(12-19(18)31-2)24-23-15-9-8-13(25(26)27)10-20(15)32(28,29)14-6-4-3-5-7-14/h3-12H,1-2H3/q+1. The molecule has 162 valence electrons. The van der Waals surface area contributed by atoms with Crippen LogP contribution in [0.25, 0.3) is 4.98 Å². The summed E-state index contributed by atoms with van der Waals surface area (Å²) in [6, 6.07) is 13.4. The Kier molecular flexibility index (Phi) is 6.41. The van der Waals surface area contributed by atoms with Crippen LogP contribution in [0, 0.1) is 15.5 Å². The second-order valence-electron chi connectivity index (χ2n) is 6.22. The summed E-state index contributed by atoms with van der Waals surface area (Å²) in [5.41, 5.74) is -0.527. The monoisotopic (exact) mass is 454 g/mol. The average molecular weight is 454 g/mol. The molecule has 11 nitrogen and oxygen atoms in total. The summed E-state index contributed by atoms with van der Waals surface area (Å²) in [6.45, 7) is 0. The van der Waals surface area contributed by atoms with Crippen LogP contribution in [0.3, 0.4) is 0 Å². The zero-order valence-electron chi connectivity index (χ0n) is 16.9. The van der Waals surface area contributed by atoms with E-state index in [2.05, 4.69) is 15.2 Å². The first-order chi connectivity index (χ1) is 15.3. The molecule has 0 aromatic heterocycles. The van der Waals surface area contributed by atoms with Crippen LogP contribution in [0.1, 0.15) is 0 Å². The van der Waals surface area contributed by atoms with Gasteiger partial charge in [-0.3, -0.25) is 10.1 Å². The third-order valence-corrected chi connectivity index (χ3v) is 6.15. The van der Waals surface area contributed by atoms with E-state index < -0.39 is 25.3 Å². The van der Waals surface area contributed by atoms with Crippen molar-refractivity contribution in [1.29, 1.82) is 5.39 Å². The largest absolute Gasteiger partial charge is 0.493 e. The SMILES string of the molecule is COc1cc(N=Nc2ccc([N+](=O)[O-])cc2S(=O)(=O)c2ccccc2)c([N+]#N)cc1OC. The predicted octanol–water partition coefficient (Wildman–Crippen LogP) is 5.34. The van der Waals surface area contributed by atoms with E-state index in [0.717, 1.165) is 12.1 Å². The van der Waals surface area contributed by atoms with Gasteiger partial charge in [-0.1, -0.05) is 18.2 Å². The van der Waals surface area contributed by atoms with Crippen molar-refractivity contribution in [2.24, 2.45) is 10.2 Å². The fraction of sp³-hybridized carbons (Fsp3) is 0.100. The molecule has 0 amide bonds. The molecule has 0 N–H and O–H groups in total. The molecule has 0 heterocycles. The Morgan fingerprint density at radius 3 is 2.16 bits per heavy atom. The maximum Gasteiger partial charge on any atom is 0.416 e. The van der Waals surface area contributed by atoms with Gasteiger partial charge in [-0.25, -0.2) is 8.42 Å². The van der Waals surface area contributed by atoms with Gasteiger partial charge < -0.3 is 9.47 Å². The first-order valence-corrected chi connectivity index (χ1v) is 10.4. The molecule has 0 saturated carbocycles. The molecule has 0 bridgehead atoms. The zero-order valence-corrected chi connectivity index (χ0v) is 17.7. The molecule has 3 aromatic carbocycles. The van der Waals surface area contributed by atoms with Crippen LogP contribution in [-0.4, -0.2) is 27.6 Å². The molecule has 0 aliphatic heterocycles. The lowest BCUT2D eigenvalue weighted by atomic mass is 10.2. The molecule has 32 heavy (non-hydrogen) atoms. The first kappa shape index (κ1) is 22.3. The van der Waals surface area contributed by atoms with Gasteiger partial charge in [0.25, 0.3) is 5.69 Å². The predicted molar refractivity (Wildman–Crippen MR) is 113 cm³/mol. The summed E-state index contributed by atoms with van der Waals surface area (Å²) in [5, 5.41) is 28.4. The topological polar surface area (TPSA) is 149 Å². The summed E-state index contributed by atoms with van der Waals surface area (Å²) < 4.78 is 36.6. The maximum atomic E-state index is 13.1. The Bertz CT molecular complexity index is 1350. The summed E-state index contributed by atoms with van der Waals surface area (Å²) in [6.07, 6.45) is 0. The fourth-order valence-corrected chi connectivity index (χ4v) is 4.20. The highest BCUT2D eigenvalue weighted by molar-refractivity contribution is 7.91. The molecular weight excluding hydrogens is 438 g/mol. The minimum atomic E-state index is -4.14. The van der Waals surface area contributed by atoms with Gasteiger partial charge in [0.05, 0.1) is 30.1 Å². The van der Waals surface area contributed by atoms with Gasteiger partial charge in [0.2, 0.25) is 15.2 Å². The fourth-order valence-electron chi connectivity index (χ4n) is 2.77. The van der Waals surface area contributed by atoms with Gasteiger partial charge in [0.15, 0.2) is 22.2 Å². The molecule has 0 atom stereocenters. The van der Waals surface area contributed by atoms with Gasteiger partial charge in [-0.05, 0) is 18.2 Å². The van der Waals surface area contributed by atoms with E-state index in [9.17, 15) is 23.9 Å². The lowest BCUT2D eigenvalue weighted by Gasteiger charge is -2.07. The van der Waals surface area contributed by atoms with Gasteiger partial charge >= 0.3 is 5.69 Å². The summed E-state index contributed by atoms with van der Waals surface area (Å²) in [4.78, 5) is 13.2. The van der Waals surface area contributed by atoms with E-state index in [1.807, 2.05) is 0 Å². The Hall–Kier alpha value is -4.37. The zero-order chi connectivity index (χ0) is 23.3. The van der Waals surface area contributed by atoms with Gasteiger partial charge in [-0.15, -0.1) is 10.2 Å². The molecule has 12 heteroatoms. The number of nitro groups is 1. The smallest absolute Gasteiger partial charge is 0.416 e. The number of azo groups is 1. The second kappa shape index (κ2) is 9.19. The number of hydrogen-bond donors (Lipinski definition) is 0. The minimum absolute atomic E-state index is 0.0132. The second-order valence-corrected chi connectivity index (χ2v) is 8.14. The van der Waals surface area contributed by atoms with Crippen molar-refractivity contribution >= 4 is 32.6 Å². The molecule has 0 unspecified atom stereocenters. The number of non-ortho nitro benzene ring substituents is 1. The normalized spacial score (nSPS) is 11.2. The molecule has 0 aliphatic carbocycles. The quantitative estimate of drug-likeness (QED) is 0.202. The van der Waals surface area contributed by atoms with Crippen LogP contribution in [0.4, 0.5) is 22.7 Å². The number of benzene rings is 3. The van der Waals surface area contributed by atoms with E-state index in [1.54, 1.807) is 6.07 Å². The maximum absolute atomic E-state index is 13.1. The molecule has 3 rings (SSSR count). The lowest BCUT2D eigenvalue weighted by molar-refractivity contribution is -0.385. The number of methoxy groups -OCH3 is 2. The molecule has 0 saturated heterocycles. The molecule has 0 radical (unpaired) electrons. The number of diazo groups is 1. The third-order valence-electron chi connectivity index (χ3n) is 4.35. The van der Waals surface area contributed by atoms with Crippen LogP contribution in [0.15, 0.2) is 80.7 Å². The molecule has 3 aromatic rings. The highest BCUT2D eigenvalue weighted by Gasteiger charge is 2.25. The number of nitro benzene ring substituents is 1. The van der Waals surface area contributed by atoms with Crippen molar-refractivity contribution in [2.75, 3.05) is 14.2 Å². The van der Waals surface area contributed by atoms with Crippen molar-refractivity contribution in [3.63, 3.8) is 0 Å². The Morgan fingerprint density at radius 2 is 1.56 bits per heavy atom. The average Bonchev–Trinajstić information content (AvgIpc) is 2.82. The molecule has 0 aliphatic rings. The number of hydrogen-bond acceptors (Lipinski definition) is 9. The van der Waals surface area contributed by atoms with E-state index in [0.29, 0.717) is 0 Å². The van der Waals surface area contributed by atoms with Crippen molar-refractivity contribution in [1.82, 2.24) is 0 Å². The molecule has 0 spiro atoms. The first-order valence-electron chi connectivity index (χ1n) is 8.93. The van der Waals surface area contributed by atoms with Gasteiger partial charge in [0, 0.05) is 18.2 Å². The van der Waals surface area contributed by atoms with Crippen LogP contribution in [0.2, 0.25) is 0 Å². The number of nitrogens with zero attached hydrogens (tertiary/aromatic N) is 5. The van der Waals surface area contributed by atoms with Gasteiger partial charge in [0.1, 0.15) is 10.6 Å². The van der Waals surface area contributed by atoms with Crippen molar-refractivity contribution < 1.29 is 22.8 Å². The van der Waals surface area contributed by atoms with Crippen LogP contribution in [-0.2, 0) is 9.84 Å². The number of sulfone groups is 1. The highest BCUT2D eigenvalue weighted by atomic mass is 32.2. The summed E-state index contributed by atoms with van der Waals surface area (Å²) in [7, 11) is -1.35. The van der Waals surface area contributed by atoms with Crippen LogP contribution < -0.4 is 9.47 Å². The Labute approximate surface area is 182 Å². The van der Waals surface area contributed by atoms with E-state index in [1.165, 1.54) is 56.7 Å². The molecular formula is C20H16N5O6S+. The minimum Gasteiger partial charge on any atom is -0.493 e. The van der Waals surface area contributed by atoms with Gasteiger partial charge in [-0.2, -0.15) is 0 Å². The van der Waals surface area contributed by atoms with E-state index >= 15 is 0 Å². The molecule has 0 fully saturated rings. The Morgan fingerprint density at radius 1 is 0.938 bits per heavy atom. The lowest BCUT2D eigenvalue weighted by Crippen LogP contribution is -2.03. The third kappa shape index (κ3) is 4.37. The number of rotatable bonds is 7.